The third-order valence-corrected chi connectivity index (χ3v) is 2.40. The number of hydrogen-bond acceptors (Lipinski definition) is 3. The molecular formula is C12H27NO2. The number of hydrogen-bond donors (Lipinski definition) is 1. The molecule has 92 valence electrons. The minimum Gasteiger partial charge on any atom is -0.379 e. The Kier molecular flexibility index (Phi) is 7.14. The molecule has 0 aliphatic rings. The summed E-state index contributed by atoms with van der Waals surface area (Å²) in [5.41, 5.74) is -0.0503. The van der Waals surface area contributed by atoms with Gasteiger partial charge in [0.25, 0.3) is 0 Å². The number of methoxy groups -OCH3 is 1. The SMILES string of the molecule is COC(C)(C)CC(C)NCCOC(C)C. The van der Waals surface area contributed by atoms with Crippen LogP contribution in [-0.4, -0.2) is 38.0 Å². The fourth-order valence-corrected chi connectivity index (χ4v) is 1.49. The Morgan fingerprint density at radius 2 is 1.80 bits per heavy atom. The predicted molar refractivity (Wildman–Crippen MR) is 64.3 cm³/mol. The van der Waals surface area contributed by atoms with Crippen molar-refractivity contribution in [3.8, 4) is 0 Å². The van der Waals surface area contributed by atoms with Crippen LogP contribution < -0.4 is 5.32 Å². The summed E-state index contributed by atoms with van der Waals surface area (Å²) in [7, 11) is 1.76. The molecule has 0 aliphatic heterocycles. The lowest BCUT2D eigenvalue weighted by molar-refractivity contribution is 0.00730. The molecule has 15 heavy (non-hydrogen) atoms. The smallest absolute Gasteiger partial charge is 0.0637 e. The summed E-state index contributed by atoms with van der Waals surface area (Å²) >= 11 is 0. The maximum Gasteiger partial charge on any atom is 0.0637 e. The minimum absolute atomic E-state index is 0.0503. The molecule has 0 amide bonds. The van der Waals surface area contributed by atoms with Crippen molar-refractivity contribution in [1.82, 2.24) is 5.32 Å². The zero-order valence-corrected chi connectivity index (χ0v) is 11.1. The van der Waals surface area contributed by atoms with Crippen LogP contribution in [-0.2, 0) is 9.47 Å². The normalized spacial score (nSPS) is 14.6. The molecule has 0 aromatic heterocycles. The van der Waals surface area contributed by atoms with Gasteiger partial charge in [-0.3, -0.25) is 0 Å². The van der Waals surface area contributed by atoms with E-state index in [0.29, 0.717) is 12.1 Å². The number of rotatable bonds is 8. The number of ether oxygens (including phenoxy) is 2. The van der Waals surface area contributed by atoms with Crippen molar-refractivity contribution in [3.63, 3.8) is 0 Å². The Morgan fingerprint density at radius 3 is 2.27 bits per heavy atom. The Hall–Kier alpha value is -0.120. The van der Waals surface area contributed by atoms with E-state index in [1.54, 1.807) is 7.11 Å². The van der Waals surface area contributed by atoms with Gasteiger partial charge in [0.05, 0.1) is 18.3 Å². The van der Waals surface area contributed by atoms with Gasteiger partial charge in [-0.1, -0.05) is 0 Å². The molecule has 0 spiro atoms. The summed E-state index contributed by atoms with van der Waals surface area (Å²) < 4.78 is 10.8. The summed E-state index contributed by atoms with van der Waals surface area (Å²) in [4.78, 5) is 0. The van der Waals surface area contributed by atoms with E-state index < -0.39 is 0 Å². The summed E-state index contributed by atoms with van der Waals surface area (Å²) in [5.74, 6) is 0. The van der Waals surface area contributed by atoms with Crippen LogP contribution in [0.5, 0.6) is 0 Å². The van der Waals surface area contributed by atoms with Crippen LogP contribution in [0.15, 0.2) is 0 Å². The van der Waals surface area contributed by atoms with E-state index in [1.165, 1.54) is 0 Å². The highest BCUT2D eigenvalue weighted by molar-refractivity contribution is 4.75. The van der Waals surface area contributed by atoms with E-state index in [4.69, 9.17) is 9.47 Å². The highest BCUT2D eigenvalue weighted by Gasteiger charge is 2.19. The van der Waals surface area contributed by atoms with Crippen molar-refractivity contribution in [1.29, 1.82) is 0 Å². The highest BCUT2D eigenvalue weighted by atomic mass is 16.5. The monoisotopic (exact) mass is 217 g/mol. The fraction of sp³-hybridized carbons (Fsp3) is 1.00. The van der Waals surface area contributed by atoms with Gasteiger partial charge in [0.15, 0.2) is 0 Å². The van der Waals surface area contributed by atoms with Crippen molar-refractivity contribution < 1.29 is 9.47 Å². The van der Waals surface area contributed by atoms with Crippen LogP contribution >= 0.6 is 0 Å². The second-order valence-corrected chi connectivity index (χ2v) is 4.94. The molecule has 0 saturated carbocycles. The summed E-state index contributed by atoms with van der Waals surface area (Å²) in [6, 6.07) is 0.454. The minimum atomic E-state index is -0.0503. The molecule has 0 bridgehead atoms. The fourth-order valence-electron chi connectivity index (χ4n) is 1.49. The van der Waals surface area contributed by atoms with Crippen molar-refractivity contribution in [2.24, 2.45) is 0 Å². The maximum absolute atomic E-state index is 5.45. The molecule has 0 aromatic carbocycles. The van der Waals surface area contributed by atoms with Crippen molar-refractivity contribution in [3.05, 3.63) is 0 Å². The molecule has 0 radical (unpaired) electrons. The first-order chi connectivity index (χ1) is 6.87. The quantitative estimate of drug-likeness (QED) is 0.632. The number of nitrogens with one attached hydrogen (secondary N) is 1. The van der Waals surface area contributed by atoms with Crippen molar-refractivity contribution in [2.75, 3.05) is 20.3 Å². The zero-order chi connectivity index (χ0) is 11.9. The first kappa shape index (κ1) is 14.9. The lowest BCUT2D eigenvalue weighted by Gasteiger charge is -2.27. The average molecular weight is 217 g/mol. The van der Waals surface area contributed by atoms with Gasteiger partial charge < -0.3 is 14.8 Å². The van der Waals surface area contributed by atoms with Crippen molar-refractivity contribution >= 4 is 0 Å². The molecule has 3 heteroatoms. The van der Waals surface area contributed by atoms with Gasteiger partial charge in [-0.2, -0.15) is 0 Å². The second kappa shape index (κ2) is 7.20. The molecule has 0 heterocycles. The Labute approximate surface area is 94.5 Å². The predicted octanol–water partition coefficient (Wildman–Crippen LogP) is 2.20. The van der Waals surface area contributed by atoms with Crippen LogP contribution in [0.1, 0.15) is 41.0 Å². The van der Waals surface area contributed by atoms with E-state index >= 15 is 0 Å². The van der Waals surface area contributed by atoms with Gasteiger partial charge in [-0.05, 0) is 41.0 Å². The largest absolute Gasteiger partial charge is 0.379 e. The van der Waals surface area contributed by atoms with Crippen LogP contribution in [0, 0.1) is 0 Å². The first-order valence-electron chi connectivity index (χ1n) is 5.77. The van der Waals surface area contributed by atoms with Crippen LogP contribution in [0.25, 0.3) is 0 Å². The lowest BCUT2D eigenvalue weighted by atomic mass is 10.00. The standard InChI is InChI=1S/C12H27NO2/c1-10(2)15-8-7-13-11(3)9-12(4,5)14-6/h10-11,13H,7-9H2,1-6H3. The molecule has 0 aliphatic carbocycles. The molecular weight excluding hydrogens is 190 g/mol. The third-order valence-electron chi connectivity index (χ3n) is 2.40. The summed E-state index contributed by atoms with van der Waals surface area (Å²) in [5, 5.41) is 3.42. The molecule has 0 fully saturated rings. The van der Waals surface area contributed by atoms with Crippen LogP contribution in [0.2, 0.25) is 0 Å². The highest BCUT2D eigenvalue weighted by Crippen LogP contribution is 2.14. The molecule has 1 unspecified atom stereocenters. The zero-order valence-electron chi connectivity index (χ0n) is 11.1. The topological polar surface area (TPSA) is 30.5 Å². The molecule has 0 saturated heterocycles. The Balaban J connectivity index is 3.53. The summed E-state index contributed by atoms with van der Waals surface area (Å²) in [6.07, 6.45) is 1.32. The third kappa shape index (κ3) is 8.85. The molecule has 3 nitrogen and oxygen atoms in total. The Morgan fingerprint density at radius 1 is 1.20 bits per heavy atom. The second-order valence-electron chi connectivity index (χ2n) is 4.94. The van der Waals surface area contributed by atoms with Crippen LogP contribution in [0.4, 0.5) is 0 Å². The molecule has 1 N–H and O–H groups in total. The van der Waals surface area contributed by atoms with Crippen LogP contribution in [0.3, 0.4) is 0 Å². The molecule has 1 atom stereocenters. The van der Waals surface area contributed by atoms with Gasteiger partial charge in [0.2, 0.25) is 0 Å². The van der Waals surface area contributed by atoms with Crippen molar-refractivity contribution in [2.45, 2.75) is 58.8 Å². The van der Waals surface area contributed by atoms with Gasteiger partial charge in [0, 0.05) is 19.7 Å². The van der Waals surface area contributed by atoms with Gasteiger partial charge in [0.1, 0.15) is 0 Å². The molecule has 0 rings (SSSR count). The van der Waals surface area contributed by atoms with E-state index in [2.05, 4.69) is 39.9 Å². The Bertz CT molecular complexity index is 158. The summed E-state index contributed by atoms with van der Waals surface area (Å²) in [6.45, 7) is 12.2. The lowest BCUT2D eigenvalue weighted by Crippen LogP contribution is -2.37. The maximum atomic E-state index is 5.45. The van der Waals surface area contributed by atoms with E-state index in [0.717, 1.165) is 19.6 Å². The molecule has 0 aromatic rings. The average Bonchev–Trinajstić information content (AvgIpc) is 2.11. The van der Waals surface area contributed by atoms with E-state index in [1.807, 2.05) is 0 Å². The van der Waals surface area contributed by atoms with Gasteiger partial charge in [-0.15, -0.1) is 0 Å². The first-order valence-corrected chi connectivity index (χ1v) is 5.77. The van der Waals surface area contributed by atoms with E-state index in [9.17, 15) is 0 Å². The van der Waals surface area contributed by atoms with E-state index in [-0.39, 0.29) is 5.60 Å². The van der Waals surface area contributed by atoms with Gasteiger partial charge in [-0.25, -0.2) is 0 Å². The van der Waals surface area contributed by atoms with Gasteiger partial charge >= 0.3 is 0 Å².